The van der Waals surface area contributed by atoms with Crippen molar-refractivity contribution in [3.8, 4) is 16.8 Å². The molecular formula is C22H23N3O3. The molecule has 0 radical (unpaired) electrons. The van der Waals surface area contributed by atoms with Crippen LogP contribution < -0.4 is 5.32 Å². The third kappa shape index (κ3) is 4.46. The zero-order valence-corrected chi connectivity index (χ0v) is 16.0. The van der Waals surface area contributed by atoms with Crippen LogP contribution in [-0.2, 0) is 9.59 Å². The summed E-state index contributed by atoms with van der Waals surface area (Å²) in [5, 5.41) is 16.4. The van der Waals surface area contributed by atoms with Gasteiger partial charge < -0.3 is 10.4 Å². The van der Waals surface area contributed by atoms with E-state index in [1.807, 2.05) is 68.4 Å². The maximum Gasteiger partial charge on any atom is 0.303 e. The van der Waals surface area contributed by atoms with Gasteiger partial charge >= 0.3 is 5.97 Å². The molecule has 6 nitrogen and oxygen atoms in total. The van der Waals surface area contributed by atoms with Gasteiger partial charge in [-0.2, -0.15) is 5.10 Å². The Morgan fingerprint density at radius 1 is 1.04 bits per heavy atom. The molecule has 28 heavy (non-hydrogen) atoms. The van der Waals surface area contributed by atoms with E-state index in [-0.39, 0.29) is 18.7 Å². The molecule has 0 aliphatic carbocycles. The number of carboxylic acid groups (broad SMARTS) is 1. The van der Waals surface area contributed by atoms with Crippen LogP contribution in [0, 0.1) is 13.8 Å². The number of nitrogens with zero attached hydrogens (tertiary/aromatic N) is 2. The number of amides is 1. The van der Waals surface area contributed by atoms with E-state index in [1.165, 1.54) is 0 Å². The number of hydrogen-bond donors (Lipinski definition) is 2. The molecule has 0 unspecified atom stereocenters. The van der Waals surface area contributed by atoms with Crippen LogP contribution in [0.1, 0.15) is 30.5 Å². The third-order valence-corrected chi connectivity index (χ3v) is 4.42. The number of nitrogens with one attached hydrogen (secondary N) is 1. The predicted molar refractivity (Wildman–Crippen MR) is 109 cm³/mol. The van der Waals surface area contributed by atoms with Crippen LogP contribution in [0.4, 0.5) is 5.82 Å². The Labute approximate surface area is 163 Å². The summed E-state index contributed by atoms with van der Waals surface area (Å²) in [4.78, 5) is 23.2. The number of carbonyl (C=O) groups excluding carboxylic acids is 1. The topological polar surface area (TPSA) is 84.2 Å². The van der Waals surface area contributed by atoms with Crippen molar-refractivity contribution in [2.45, 2.75) is 33.1 Å². The highest BCUT2D eigenvalue weighted by molar-refractivity contribution is 5.95. The summed E-state index contributed by atoms with van der Waals surface area (Å²) in [7, 11) is 0. The van der Waals surface area contributed by atoms with Crippen LogP contribution in [0.2, 0.25) is 0 Å². The monoisotopic (exact) mass is 377 g/mol. The lowest BCUT2D eigenvalue weighted by Crippen LogP contribution is -2.15. The Kier molecular flexibility index (Phi) is 5.89. The zero-order chi connectivity index (χ0) is 20.1. The van der Waals surface area contributed by atoms with E-state index in [9.17, 15) is 9.59 Å². The first-order valence-corrected chi connectivity index (χ1v) is 9.19. The molecular weight excluding hydrogens is 354 g/mol. The second-order valence-corrected chi connectivity index (χ2v) is 6.72. The van der Waals surface area contributed by atoms with Crippen LogP contribution in [0.5, 0.6) is 0 Å². The van der Waals surface area contributed by atoms with Crippen molar-refractivity contribution in [1.29, 1.82) is 0 Å². The highest BCUT2D eigenvalue weighted by atomic mass is 16.4. The summed E-state index contributed by atoms with van der Waals surface area (Å²) >= 11 is 0. The molecule has 0 aliphatic heterocycles. The molecule has 0 saturated carbocycles. The van der Waals surface area contributed by atoms with E-state index in [4.69, 9.17) is 5.11 Å². The number of rotatable bonds is 7. The van der Waals surface area contributed by atoms with Gasteiger partial charge in [0.2, 0.25) is 5.91 Å². The molecule has 2 N–H and O–H groups in total. The molecule has 1 amide bonds. The van der Waals surface area contributed by atoms with E-state index in [2.05, 4.69) is 10.4 Å². The van der Waals surface area contributed by atoms with Crippen LogP contribution in [0.25, 0.3) is 16.8 Å². The Balaban J connectivity index is 2.01. The van der Waals surface area contributed by atoms with Crippen molar-refractivity contribution in [3.05, 3.63) is 65.9 Å². The molecule has 0 saturated heterocycles. The molecule has 0 aliphatic rings. The Morgan fingerprint density at radius 2 is 1.79 bits per heavy atom. The number of anilines is 1. The fourth-order valence-corrected chi connectivity index (χ4v) is 3.13. The van der Waals surface area contributed by atoms with Gasteiger partial charge in [-0.3, -0.25) is 9.59 Å². The highest BCUT2D eigenvalue weighted by Crippen LogP contribution is 2.33. The fourth-order valence-electron chi connectivity index (χ4n) is 3.13. The van der Waals surface area contributed by atoms with Gasteiger partial charge in [0.25, 0.3) is 0 Å². The van der Waals surface area contributed by atoms with Crippen LogP contribution >= 0.6 is 0 Å². The summed E-state index contributed by atoms with van der Waals surface area (Å²) in [5.41, 5.74) is 4.55. The minimum atomic E-state index is -0.904. The Bertz CT molecular complexity index is 994. The molecule has 6 heteroatoms. The second kappa shape index (κ2) is 8.52. The first-order valence-electron chi connectivity index (χ1n) is 9.19. The molecule has 1 aromatic heterocycles. The molecule has 0 atom stereocenters. The average Bonchev–Trinajstić information content (AvgIpc) is 2.98. The van der Waals surface area contributed by atoms with Gasteiger partial charge in [0.05, 0.1) is 11.4 Å². The Morgan fingerprint density at radius 3 is 2.46 bits per heavy atom. The van der Waals surface area contributed by atoms with Crippen molar-refractivity contribution in [3.63, 3.8) is 0 Å². The second-order valence-electron chi connectivity index (χ2n) is 6.72. The van der Waals surface area contributed by atoms with E-state index in [0.717, 1.165) is 28.1 Å². The molecule has 1 heterocycles. The Hall–Kier alpha value is -3.41. The van der Waals surface area contributed by atoms with Crippen LogP contribution in [-0.4, -0.2) is 26.8 Å². The van der Waals surface area contributed by atoms with Crippen molar-refractivity contribution in [2.24, 2.45) is 0 Å². The van der Waals surface area contributed by atoms with Crippen molar-refractivity contribution >= 4 is 17.7 Å². The van der Waals surface area contributed by atoms with Crippen molar-refractivity contribution in [1.82, 2.24) is 9.78 Å². The number of aromatic nitrogens is 2. The quantitative estimate of drug-likeness (QED) is 0.641. The molecule has 144 valence electrons. The summed E-state index contributed by atoms with van der Waals surface area (Å²) < 4.78 is 1.74. The number of benzene rings is 2. The standard InChI is InChI=1S/C22H23N3O3/c1-15-8-6-11-18(14-15)25-22(23-19(26)12-7-13-20(27)28)21(16(2)24-25)17-9-4-3-5-10-17/h3-6,8-11,14H,7,12-13H2,1-2H3,(H,23,26)(H,27,28). The number of aryl methyl sites for hydroxylation is 2. The van der Waals surface area contributed by atoms with Gasteiger partial charge in [-0.15, -0.1) is 0 Å². The smallest absolute Gasteiger partial charge is 0.303 e. The van der Waals surface area contributed by atoms with Gasteiger partial charge in [0, 0.05) is 18.4 Å². The van der Waals surface area contributed by atoms with E-state index in [0.29, 0.717) is 12.2 Å². The largest absolute Gasteiger partial charge is 0.481 e. The molecule has 0 fully saturated rings. The number of aliphatic carboxylic acids is 1. The van der Waals surface area contributed by atoms with Crippen molar-refractivity contribution in [2.75, 3.05) is 5.32 Å². The zero-order valence-electron chi connectivity index (χ0n) is 16.0. The van der Waals surface area contributed by atoms with Crippen molar-refractivity contribution < 1.29 is 14.7 Å². The van der Waals surface area contributed by atoms with Gasteiger partial charge in [0.1, 0.15) is 5.82 Å². The lowest BCUT2D eigenvalue weighted by atomic mass is 10.1. The molecule has 0 bridgehead atoms. The molecule has 3 rings (SSSR count). The molecule has 3 aromatic rings. The maximum atomic E-state index is 12.5. The third-order valence-electron chi connectivity index (χ3n) is 4.42. The van der Waals surface area contributed by atoms with Gasteiger partial charge in [-0.1, -0.05) is 42.5 Å². The average molecular weight is 377 g/mol. The minimum Gasteiger partial charge on any atom is -0.481 e. The van der Waals surface area contributed by atoms with E-state index < -0.39 is 5.97 Å². The summed E-state index contributed by atoms with van der Waals surface area (Å²) in [6, 6.07) is 17.7. The molecule has 0 spiro atoms. The van der Waals surface area contributed by atoms with E-state index >= 15 is 0 Å². The normalized spacial score (nSPS) is 10.6. The lowest BCUT2D eigenvalue weighted by molar-refractivity contribution is -0.137. The van der Waals surface area contributed by atoms with Crippen LogP contribution in [0.3, 0.4) is 0 Å². The van der Waals surface area contributed by atoms with E-state index in [1.54, 1.807) is 4.68 Å². The highest BCUT2D eigenvalue weighted by Gasteiger charge is 2.20. The van der Waals surface area contributed by atoms with Crippen LogP contribution in [0.15, 0.2) is 54.6 Å². The number of hydrogen-bond acceptors (Lipinski definition) is 3. The summed E-state index contributed by atoms with van der Waals surface area (Å²) in [5.74, 6) is -0.541. The van der Waals surface area contributed by atoms with Gasteiger partial charge in [-0.25, -0.2) is 4.68 Å². The first-order chi connectivity index (χ1) is 13.5. The number of carboxylic acids is 1. The summed E-state index contributed by atoms with van der Waals surface area (Å²) in [6.07, 6.45) is 0.396. The maximum absolute atomic E-state index is 12.5. The van der Waals surface area contributed by atoms with Gasteiger partial charge in [0.15, 0.2) is 0 Å². The minimum absolute atomic E-state index is 0.0326. The lowest BCUT2D eigenvalue weighted by Gasteiger charge is -2.12. The predicted octanol–water partition coefficient (Wildman–Crippen LogP) is 4.35. The fraction of sp³-hybridized carbons (Fsp3) is 0.227. The molecule has 2 aromatic carbocycles. The first kappa shape index (κ1) is 19.4. The number of carbonyl (C=O) groups is 2. The van der Waals surface area contributed by atoms with Gasteiger partial charge in [-0.05, 0) is 43.5 Å². The SMILES string of the molecule is Cc1cccc(-n2nc(C)c(-c3ccccc3)c2NC(=O)CCCC(=O)O)c1. The summed E-state index contributed by atoms with van der Waals surface area (Å²) in [6.45, 7) is 3.91.